The number of amides is 1. The molecule has 0 saturated carbocycles. The van der Waals surface area contributed by atoms with Crippen molar-refractivity contribution in [1.29, 1.82) is 0 Å². The van der Waals surface area contributed by atoms with Crippen LogP contribution in [-0.2, 0) is 9.53 Å². The lowest BCUT2D eigenvalue weighted by atomic mass is 9.99. The first-order chi connectivity index (χ1) is 12.7. The summed E-state index contributed by atoms with van der Waals surface area (Å²) < 4.78 is 11.0. The van der Waals surface area contributed by atoms with E-state index in [0.29, 0.717) is 6.61 Å². The molecule has 5 heteroatoms. The first kappa shape index (κ1) is 18.4. The van der Waals surface area contributed by atoms with Gasteiger partial charge in [-0.15, -0.1) is 0 Å². The number of carbonyl (C=O) groups is 1. The zero-order chi connectivity index (χ0) is 18.4. The third kappa shape index (κ3) is 4.62. The molecule has 1 aliphatic rings. The van der Waals surface area contributed by atoms with Crippen LogP contribution in [0.4, 0.5) is 0 Å². The third-order valence-electron chi connectivity index (χ3n) is 4.70. The predicted octanol–water partition coefficient (Wildman–Crippen LogP) is 2.81. The molecule has 0 aromatic heterocycles. The minimum atomic E-state index is -0.447. The van der Waals surface area contributed by atoms with Crippen LogP contribution in [0.5, 0.6) is 5.75 Å². The van der Waals surface area contributed by atoms with Crippen LogP contribution < -0.4 is 10.1 Å². The van der Waals surface area contributed by atoms with Gasteiger partial charge in [0.2, 0.25) is 5.91 Å². The number of carbonyl (C=O) groups excluding carboxylic acids is 1. The number of aliphatic hydroxyl groups is 1. The molecule has 0 radical (unpaired) electrons. The molecule has 138 valence electrons. The minimum Gasteiger partial charge on any atom is -0.491 e. The number of nitrogens with one attached hydrogen (secondary N) is 1. The average molecular weight is 355 g/mol. The normalized spacial score (nSPS) is 18.5. The van der Waals surface area contributed by atoms with Gasteiger partial charge in [-0.3, -0.25) is 4.79 Å². The van der Waals surface area contributed by atoms with Crippen molar-refractivity contribution in [2.75, 3.05) is 19.8 Å². The Morgan fingerprint density at radius 1 is 1.19 bits per heavy atom. The summed E-state index contributed by atoms with van der Waals surface area (Å²) in [4.78, 5) is 12.5. The molecule has 0 spiro atoms. The van der Waals surface area contributed by atoms with E-state index in [0.717, 1.165) is 29.9 Å². The van der Waals surface area contributed by atoms with Crippen molar-refractivity contribution in [1.82, 2.24) is 5.32 Å². The summed E-state index contributed by atoms with van der Waals surface area (Å²) >= 11 is 0. The maximum absolute atomic E-state index is 12.5. The van der Waals surface area contributed by atoms with Gasteiger partial charge in [-0.2, -0.15) is 0 Å². The van der Waals surface area contributed by atoms with E-state index in [4.69, 9.17) is 9.47 Å². The van der Waals surface area contributed by atoms with Gasteiger partial charge in [0.15, 0.2) is 0 Å². The van der Waals surface area contributed by atoms with E-state index in [2.05, 4.69) is 5.32 Å². The van der Waals surface area contributed by atoms with Crippen molar-refractivity contribution < 1.29 is 19.4 Å². The van der Waals surface area contributed by atoms with Crippen molar-refractivity contribution in [2.45, 2.75) is 31.4 Å². The highest BCUT2D eigenvalue weighted by molar-refractivity contribution is 5.83. The summed E-state index contributed by atoms with van der Waals surface area (Å²) in [6, 6.07) is 16.6. The molecular weight excluding hydrogens is 330 g/mol. The van der Waals surface area contributed by atoms with Crippen molar-refractivity contribution in [3.63, 3.8) is 0 Å². The second-order valence-corrected chi connectivity index (χ2v) is 6.54. The summed E-state index contributed by atoms with van der Waals surface area (Å²) in [7, 11) is 0. The Balaban J connectivity index is 1.58. The van der Waals surface area contributed by atoms with Gasteiger partial charge in [0, 0.05) is 13.0 Å². The molecule has 0 bridgehead atoms. The summed E-state index contributed by atoms with van der Waals surface area (Å²) in [5.41, 5.74) is 1.79. The van der Waals surface area contributed by atoms with Crippen molar-refractivity contribution >= 4 is 5.91 Å². The number of ether oxygens (including phenoxy) is 2. The van der Waals surface area contributed by atoms with Crippen molar-refractivity contribution in [3.8, 4) is 5.75 Å². The third-order valence-corrected chi connectivity index (χ3v) is 4.70. The van der Waals surface area contributed by atoms with Gasteiger partial charge >= 0.3 is 0 Å². The average Bonchev–Trinajstić information content (AvgIpc) is 2.65. The standard InChI is InChI=1S/C21H25NO4/c1-15(16-5-3-2-4-6-16)21(24)22-20(13-23)17-7-9-18(10-8-17)26-14-19-11-12-25-19/h2-10,15,19-20,23H,11-14H2,1H3,(H,22,24)/t15-,19?,20-/m0/s1. The molecule has 1 saturated heterocycles. The van der Waals surface area contributed by atoms with Crippen LogP contribution in [0, 0.1) is 0 Å². The van der Waals surface area contributed by atoms with Gasteiger partial charge in [0.1, 0.15) is 12.4 Å². The van der Waals surface area contributed by atoms with Gasteiger partial charge in [0.05, 0.1) is 24.7 Å². The molecule has 2 N–H and O–H groups in total. The van der Waals surface area contributed by atoms with E-state index in [1.54, 1.807) is 0 Å². The Labute approximate surface area is 153 Å². The highest BCUT2D eigenvalue weighted by Crippen LogP contribution is 2.21. The quantitative estimate of drug-likeness (QED) is 0.764. The van der Waals surface area contributed by atoms with Gasteiger partial charge in [-0.1, -0.05) is 42.5 Å². The van der Waals surface area contributed by atoms with Gasteiger partial charge < -0.3 is 19.9 Å². The smallest absolute Gasteiger partial charge is 0.227 e. The number of rotatable bonds is 8. The number of aliphatic hydroxyl groups excluding tert-OH is 1. The van der Waals surface area contributed by atoms with E-state index in [9.17, 15) is 9.90 Å². The molecule has 3 rings (SSSR count). The number of hydrogen-bond acceptors (Lipinski definition) is 4. The minimum absolute atomic E-state index is 0.113. The predicted molar refractivity (Wildman–Crippen MR) is 99.1 cm³/mol. The Hall–Kier alpha value is -2.37. The van der Waals surface area contributed by atoms with Crippen LogP contribution in [0.1, 0.15) is 36.4 Å². The Morgan fingerprint density at radius 2 is 1.88 bits per heavy atom. The molecule has 1 fully saturated rings. The molecular formula is C21H25NO4. The lowest BCUT2D eigenvalue weighted by molar-refractivity contribution is -0.123. The summed E-state index contributed by atoms with van der Waals surface area (Å²) in [5.74, 6) is 0.359. The highest BCUT2D eigenvalue weighted by Gasteiger charge is 2.20. The first-order valence-corrected chi connectivity index (χ1v) is 8.98. The van der Waals surface area contributed by atoms with Crippen LogP contribution in [0.3, 0.4) is 0 Å². The van der Waals surface area contributed by atoms with E-state index in [-0.39, 0.29) is 24.5 Å². The zero-order valence-electron chi connectivity index (χ0n) is 14.9. The summed E-state index contributed by atoms with van der Waals surface area (Å²) in [6.07, 6.45) is 1.23. The summed E-state index contributed by atoms with van der Waals surface area (Å²) in [5, 5.41) is 12.6. The second-order valence-electron chi connectivity index (χ2n) is 6.54. The maximum atomic E-state index is 12.5. The molecule has 1 aliphatic heterocycles. The summed E-state index contributed by atoms with van der Waals surface area (Å²) in [6.45, 7) is 3.06. The maximum Gasteiger partial charge on any atom is 0.227 e. The Kier molecular flexibility index (Phi) is 6.26. The Morgan fingerprint density at radius 3 is 2.46 bits per heavy atom. The van der Waals surface area contributed by atoms with E-state index >= 15 is 0 Å². The number of benzene rings is 2. The molecule has 2 aromatic carbocycles. The van der Waals surface area contributed by atoms with Gasteiger partial charge in [0.25, 0.3) is 0 Å². The molecule has 26 heavy (non-hydrogen) atoms. The molecule has 1 unspecified atom stereocenters. The van der Waals surface area contributed by atoms with Crippen LogP contribution in [0.25, 0.3) is 0 Å². The second kappa shape index (κ2) is 8.83. The monoisotopic (exact) mass is 355 g/mol. The first-order valence-electron chi connectivity index (χ1n) is 8.98. The lowest BCUT2D eigenvalue weighted by Gasteiger charge is -2.26. The fourth-order valence-corrected chi connectivity index (χ4v) is 2.83. The van der Waals surface area contributed by atoms with E-state index < -0.39 is 6.04 Å². The van der Waals surface area contributed by atoms with Crippen molar-refractivity contribution in [3.05, 3.63) is 65.7 Å². The van der Waals surface area contributed by atoms with E-state index in [1.807, 2.05) is 61.5 Å². The topological polar surface area (TPSA) is 67.8 Å². The molecule has 0 aliphatic carbocycles. The molecule has 5 nitrogen and oxygen atoms in total. The molecule has 2 aromatic rings. The molecule has 3 atom stereocenters. The Bertz CT molecular complexity index is 698. The zero-order valence-corrected chi connectivity index (χ0v) is 14.9. The molecule has 1 amide bonds. The lowest BCUT2D eigenvalue weighted by Crippen LogP contribution is -2.34. The number of hydrogen-bond donors (Lipinski definition) is 2. The van der Waals surface area contributed by atoms with E-state index in [1.165, 1.54) is 0 Å². The molecule has 1 heterocycles. The SMILES string of the molecule is C[C@H](C(=O)N[C@@H](CO)c1ccc(OCC2CCO2)cc1)c1ccccc1. The largest absolute Gasteiger partial charge is 0.491 e. The van der Waals surface area contributed by atoms with Gasteiger partial charge in [-0.05, 0) is 30.2 Å². The van der Waals surface area contributed by atoms with Crippen molar-refractivity contribution in [2.24, 2.45) is 0 Å². The van der Waals surface area contributed by atoms with Crippen LogP contribution in [0.2, 0.25) is 0 Å². The van der Waals surface area contributed by atoms with Crippen LogP contribution in [0.15, 0.2) is 54.6 Å². The van der Waals surface area contributed by atoms with Gasteiger partial charge in [-0.25, -0.2) is 0 Å². The fraction of sp³-hybridized carbons (Fsp3) is 0.381. The van der Waals surface area contributed by atoms with Crippen LogP contribution in [-0.4, -0.2) is 36.9 Å². The fourth-order valence-electron chi connectivity index (χ4n) is 2.83. The van der Waals surface area contributed by atoms with Crippen LogP contribution >= 0.6 is 0 Å². The highest BCUT2D eigenvalue weighted by atomic mass is 16.5.